The second-order valence-electron chi connectivity index (χ2n) is 7.68. The lowest BCUT2D eigenvalue weighted by Crippen LogP contribution is -2.21. The van der Waals surface area contributed by atoms with Crippen LogP contribution in [0.4, 0.5) is 11.4 Å². The molecule has 10 heteroatoms. The fraction of sp³-hybridized carbons (Fsp3) is 0.333. The van der Waals surface area contributed by atoms with Crippen molar-refractivity contribution in [2.75, 3.05) is 17.2 Å². The van der Waals surface area contributed by atoms with E-state index in [9.17, 15) is 19.2 Å². The average molecular weight is 554 g/mol. The quantitative estimate of drug-likeness (QED) is 0.388. The van der Waals surface area contributed by atoms with Crippen molar-refractivity contribution in [2.45, 2.75) is 46.1 Å². The first-order valence-corrected chi connectivity index (χ1v) is 11.7. The number of halogens is 2. The summed E-state index contributed by atoms with van der Waals surface area (Å²) < 4.78 is 10.8. The number of benzene rings is 2. The standard InChI is InChI=1S/C24H26BrClN2O6/c1-14(2)34-24(32)16-7-9-17(10-8-16)27-20(29)5-4-6-22(31)33-13-21(30)28-19-12-11-18(25)23(26)15(19)3/h7-12,14H,4-6,13H2,1-3H3,(H,27,29)(H,28,30). The average Bonchev–Trinajstić information content (AvgIpc) is 2.78. The van der Waals surface area contributed by atoms with Crippen LogP contribution >= 0.6 is 27.5 Å². The molecule has 0 saturated heterocycles. The van der Waals surface area contributed by atoms with E-state index in [1.165, 1.54) is 0 Å². The van der Waals surface area contributed by atoms with E-state index < -0.39 is 24.5 Å². The Kier molecular flexibility index (Phi) is 10.5. The zero-order chi connectivity index (χ0) is 25.3. The van der Waals surface area contributed by atoms with E-state index in [0.717, 1.165) is 0 Å². The molecule has 0 unspecified atom stereocenters. The predicted molar refractivity (Wildman–Crippen MR) is 133 cm³/mol. The largest absolute Gasteiger partial charge is 0.459 e. The molecule has 2 aromatic carbocycles. The molecule has 0 bridgehead atoms. The second-order valence-corrected chi connectivity index (χ2v) is 8.91. The highest BCUT2D eigenvalue weighted by atomic mass is 79.9. The van der Waals surface area contributed by atoms with Crippen molar-refractivity contribution in [3.8, 4) is 0 Å². The van der Waals surface area contributed by atoms with Gasteiger partial charge in [0.15, 0.2) is 6.61 Å². The summed E-state index contributed by atoms with van der Waals surface area (Å²) in [6, 6.07) is 9.72. The molecule has 2 rings (SSSR count). The first-order valence-electron chi connectivity index (χ1n) is 10.6. The van der Waals surface area contributed by atoms with Crippen molar-refractivity contribution in [1.82, 2.24) is 0 Å². The molecule has 0 aliphatic rings. The number of carbonyl (C=O) groups is 4. The summed E-state index contributed by atoms with van der Waals surface area (Å²) in [6.45, 7) is 4.84. The third kappa shape index (κ3) is 8.79. The Morgan fingerprint density at radius 1 is 0.971 bits per heavy atom. The molecule has 2 amide bonds. The predicted octanol–water partition coefficient (Wildman–Crippen LogP) is 5.27. The van der Waals surface area contributed by atoms with Crippen LogP contribution in [0.1, 0.15) is 49.0 Å². The number of ether oxygens (including phenoxy) is 2. The molecular formula is C24H26BrClN2O6. The van der Waals surface area contributed by atoms with Gasteiger partial charge in [0.2, 0.25) is 5.91 Å². The molecule has 34 heavy (non-hydrogen) atoms. The van der Waals surface area contributed by atoms with Crippen LogP contribution in [-0.4, -0.2) is 36.5 Å². The number of esters is 2. The Labute approximate surface area is 211 Å². The Morgan fingerprint density at radius 3 is 2.29 bits per heavy atom. The molecule has 8 nitrogen and oxygen atoms in total. The lowest BCUT2D eigenvalue weighted by molar-refractivity contribution is -0.147. The van der Waals surface area contributed by atoms with Gasteiger partial charge in [-0.05, 0) is 85.1 Å². The van der Waals surface area contributed by atoms with E-state index in [1.807, 2.05) is 0 Å². The van der Waals surface area contributed by atoms with Gasteiger partial charge in [-0.1, -0.05) is 11.6 Å². The molecule has 0 atom stereocenters. The van der Waals surface area contributed by atoms with Gasteiger partial charge in [0.1, 0.15) is 0 Å². The molecule has 0 aliphatic carbocycles. The molecule has 0 radical (unpaired) electrons. The lowest BCUT2D eigenvalue weighted by atomic mass is 10.2. The van der Waals surface area contributed by atoms with Gasteiger partial charge in [0.05, 0.1) is 16.7 Å². The summed E-state index contributed by atoms with van der Waals surface area (Å²) in [4.78, 5) is 47.8. The van der Waals surface area contributed by atoms with Gasteiger partial charge in [-0.25, -0.2) is 4.79 Å². The number of hydrogen-bond acceptors (Lipinski definition) is 6. The van der Waals surface area contributed by atoms with Crippen molar-refractivity contribution < 1.29 is 28.7 Å². The molecule has 0 heterocycles. The molecule has 0 fully saturated rings. The van der Waals surface area contributed by atoms with Crippen LogP contribution in [0.15, 0.2) is 40.9 Å². The number of amides is 2. The topological polar surface area (TPSA) is 111 Å². The number of nitrogens with one attached hydrogen (secondary N) is 2. The molecule has 0 saturated carbocycles. The van der Waals surface area contributed by atoms with Crippen molar-refractivity contribution in [1.29, 1.82) is 0 Å². The highest BCUT2D eigenvalue weighted by molar-refractivity contribution is 9.10. The maximum Gasteiger partial charge on any atom is 0.338 e. The molecule has 0 aromatic heterocycles. The Bertz CT molecular complexity index is 1060. The van der Waals surface area contributed by atoms with Crippen molar-refractivity contribution in [3.63, 3.8) is 0 Å². The fourth-order valence-electron chi connectivity index (χ4n) is 2.78. The molecule has 2 N–H and O–H groups in total. The Balaban J connectivity index is 1.68. The van der Waals surface area contributed by atoms with E-state index in [-0.39, 0.29) is 31.3 Å². The molecule has 182 valence electrons. The first-order chi connectivity index (χ1) is 16.1. The van der Waals surface area contributed by atoms with Gasteiger partial charge in [-0.2, -0.15) is 0 Å². The van der Waals surface area contributed by atoms with E-state index in [1.54, 1.807) is 57.2 Å². The minimum atomic E-state index is -0.582. The zero-order valence-electron chi connectivity index (χ0n) is 19.1. The number of hydrogen-bond donors (Lipinski definition) is 2. The van der Waals surface area contributed by atoms with Gasteiger partial charge in [0.25, 0.3) is 5.91 Å². The summed E-state index contributed by atoms with van der Waals surface area (Å²) in [5.41, 5.74) is 2.12. The smallest absolute Gasteiger partial charge is 0.338 e. The van der Waals surface area contributed by atoms with Gasteiger partial charge < -0.3 is 20.1 Å². The summed E-state index contributed by atoms with van der Waals surface area (Å²) in [5, 5.41) is 5.82. The molecule has 0 aliphatic heterocycles. The van der Waals surface area contributed by atoms with Crippen molar-refractivity contribution >= 4 is 62.7 Å². The summed E-state index contributed by atoms with van der Waals surface area (Å²) in [7, 11) is 0. The second kappa shape index (κ2) is 13.1. The number of rotatable bonds is 10. The highest BCUT2D eigenvalue weighted by Gasteiger charge is 2.13. The zero-order valence-corrected chi connectivity index (χ0v) is 21.4. The van der Waals surface area contributed by atoms with Crippen LogP contribution in [0.25, 0.3) is 0 Å². The third-order valence-corrected chi connectivity index (χ3v) is 5.89. The van der Waals surface area contributed by atoms with Crippen LogP contribution in [0.3, 0.4) is 0 Å². The van der Waals surface area contributed by atoms with Gasteiger partial charge in [-0.3, -0.25) is 14.4 Å². The monoisotopic (exact) mass is 552 g/mol. The van der Waals surface area contributed by atoms with Crippen molar-refractivity contribution in [3.05, 3.63) is 57.0 Å². The normalized spacial score (nSPS) is 10.5. The molecular weight excluding hydrogens is 528 g/mol. The van der Waals surface area contributed by atoms with Crippen LogP contribution in [0.5, 0.6) is 0 Å². The SMILES string of the molecule is Cc1c(NC(=O)COC(=O)CCCC(=O)Nc2ccc(C(=O)OC(C)C)cc2)ccc(Br)c1Cl. The van der Waals surface area contributed by atoms with E-state index >= 15 is 0 Å². The summed E-state index contributed by atoms with van der Waals surface area (Å²) >= 11 is 9.43. The Hall–Kier alpha value is -2.91. The minimum Gasteiger partial charge on any atom is -0.459 e. The first kappa shape index (κ1) is 27.3. The van der Waals surface area contributed by atoms with E-state index in [2.05, 4.69) is 26.6 Å². The van der Waals surface area contributed by atoms with Crippen LogP contribution in [0.2, 0.25) is 5.02 Å². The van der Waals surface area contributed by atoms with Crippen LogP contribution in [-0.2, 0) is 23.9 Å². The van der Waals surface area contributed by atoms with Crippen LogP contribution < -0.4 is 10.6 Å². The lowest BCUT2D eigenvalue weighted by Gasteiger charge is -2.11. The molecule has 0 spiro atoms. The van der Waals surface area contributed by atoms with Gasteiger partial charge in [-0.15, -0.1) is 0 Å². The maximum atomic E-state index is 12.1. The van der Waals surface area contributed by atoms with E-state index in [4.69, 9.17) is 21.1 Å². The van der Waals surface area contributed by atoms with Gasteiger partial charge in [0, 0.05) is 28.7 Å². The fourth-order valence-corrected chi connectivity index (χ4v) is 3.37. The highest BCUT2D eigenvalue weighted by Crippen LogP contribution is 2.30. The van der Waals surface area contributed by atoms with Gasteiger partial charge >= 0.3 is 11.9 Å². The molecule has 2 aromatic rings. The number of carbonyl (C=O) groups excluding carboxylic acids is 4. The third-order valence-electron chi connectivity index (χ3n) is 4.51. The van der Waals surface area contributed by atoms with Crippen molar-refractivity contribution in [2.24, 2.45) is 0 Å². The van der Waals surface area contributed by atoms with Crippen LogP contribution in [0, 0.1) is 6.92 Å². The Morgan fingerprint density at radius 2 is 1.65 bits per heavy atom. The minimum absolute atomic E-state index is 0.0101. The maximum absolute atomic E-state index is 12.1. The summed E-state index contributed by atoms with van der Waals surface area (Å²) in [5.74, 6) is -1.80. The van der Waals surface area contributed by atoms with E-state index in [0.29, 0.717) is 32.0 Å². The number of anilines is 2. The summed E-state index contributed by atoms with van der Waals surface area (Å²) in [6.07, 6.45) is 0.119.